The topological polar surface area (TPSA) is 78.5 Å². The van der Waals surface area contributed by atoms with Gasteiger partial charge in [-0.1, -0.05) is 11.6 Å². The SMILES string of the molecule is O=C(NCC1CCCN(S(=O)(=O)c2ccc(Cl)cc2)C1)NC12CC3CC(CC(C3)C1)C2. The van der Waals surface area contributed by atoms with Gasteiger partial charge in [-0.15, -0.1) is 0 Å². The molecule has 5 aliphatic rings. The van der Waals surface area contributed by atoms with Crippen molar-refractivity contribution in [2.24, 2.45) is 23.7 Å². The minimum absolute atomic E-state index is 0.00461. The lowest BCUT2D eigenvalue weighted by Gasteiger charge is -2.56. The molecule has 1 saturated heterocycles. The molecule has 6 rings (SSSR count). The van der Waals surface area contributed by atoms with Gasteiger partial charge in [0.15, 0.2) is 0 Å². The molecule has 4 aliphatic carbocycles. The van der Waals surface area contributed by atoms with Gasteiger partial charge in [0, 0.05) is 30.2 Å². The molecule has 4 bridgehead atoms. The normalized spacial score (nSPS) is 35.1. The molecule has 2 N–H and O–H groups in total. The monoisotopic (exact) mass is 465 g/mol. The second-order valence-corrected chi connectivity index (χ2v) is 12.7. The molecule has 1 aromatic rings. The van der Waals surface area contributed by atoms with Crippen LogP contribution in [0.5, 0.6) is 0 Å². The average Bonchev–Trinajstić information content (AvgIpc) is 2.71. The van der Waals surface area contributed by atoms with Crippen LogP contribution in [0.1, 0.15) is 51.4 Å². The number of hydrogen-bond acceptors (Lipinski definition) is 3. The maximum atomic E-state index is 13.0. The smallest absolute Gasteiger partial charge is 0.315 e. The molecule has 0 spiro atoms. The van der Waals surface area contributed by atoms with Crippen LogP contribution in [0.2, 0.25) is 5.02 Å². The van der Waals surface area contributed by atoms with Crippen LogP contribution in [-0.2, 0) is 10.0 Å². The molecule has 170 valence electrons. The van der Waals surface area contributed by atoms with Gasteiger partial charge in [-0.05, 0) is 99.3 Å². The van der Waals surface area contributed by atoms with E-state index < -0.39 is 10.0 Å². The molecule has 4 saturated carbocycles. The third kappa shape index (κ3) is 4.46. The van der Waals surface area contributed by atoms with Gasteiger partial charge in [-0.2, -0.15) is 4.31 Å². The van der Waals surface area contributed by atoms with Crippen LogP contribution in [-0.4, -0.2) is 43.9 Å². The first kappa shape index (κ1) is 21.5. The molecule has 2 amide bonds. The summed E-state index contributed by atoms with van der Waals surface area (Å²) < 4.78 is 27.5. The van der Waals surface area contributed by atoms with Crippen LogP contribution < -0.4 is 10.6 Å². The van der Waals surface area contributed by atoms with Gasteiger partial charge in [-0.3, -0.25) is 0 Å². The fourth-order valence-electron chi connectivity index (χ4n) is 6.95. The van der Waals surface area contributed by atoms with Gasteiger partial charge in [0.1, 0.15) is 0 Å². The van der Waals surface area contributed by atoms with Gasteiger partial charge in [0.05, 0.1) is 4.90 Å². The Bertz CT molecular complexity index is 899. The van der Waals surface area contributed by atoms with E-state index in [-0.39, 0.29) is 22.4 Å². The van der Waals surface area contributed by atoms with Crippen LogP contribution in [0.3, 0.4) is 0 Å². The van der Waals surface area contributed by atoms with Crippen LogP contribution in [0.15, 0.2) is 29.2 Å². The van der Waals surface area contributed by atoms with E-state index in [0.717, 1.165) is 49.9 Å². The number of urea groups is 1. The zero-order valence-electron chi connectivity index (χ0n) is 17.9. The summed E-state index contributed by atoms with van der Waals surface area (Å²) in [5, 5.41) is 6.92. The van der Waals surface area contributed by atoms with E-state index in [1.807, 2.05) is 0 Å². The maximum Gasteiger partial charge on any atom is 0.315 e. The molecule has 1 aliphatic heterocycles. The molecule has 0 radical (unpaired) electrons. The number of sulfonamides is 1. The Balaban J connectivity index is 1.16. The lowest BCUT2D eigenvalue weighted by Crippen LogP contribution is -2.61. The highest BCUT2D eigenvalue weighted by Crippen LogP contribution is 2.55. The summed E-state index contributed by atoms with van der Waals surface area (Å²) in [5.41, 5.74) is -0.00461. The van der Waals surface area contributed by atoms with Crippen molar-refractivity contribution in [1.29, 1.82) is 0 Å². The number of hydrogen-bond donors (Lipinski definition) is 2. The van der Waals surface area contributed by atoms with E-state index in [2.05, 4.69) is 10.6 Å². The largest absolute Gasteiger partial charge is 0.338 e. The van der Waals surface area contributed by atoms with Gasteiger partial charge in [0.2, 0.25) is 10.0 Å². The van der Waals surface area contributed by atoms with Crippen molar-refractivity contribution in [3.05, 3.63) is 29.3 Å². The Morgan fingerprint density at radius 3 is 2.29 bits per heavy atom. The molecular formula is C23H32ClN3O3S. The molecule has 0 aromatic heterocycles. The Morgan fingerprint density at radius 2 is 1.68 bits per heavy atom. The first-order valence-corrected chi connectivity index (χ1v) is 13.4. The van der Waals surface area contributed by atoms with Crippen molar-refractivity contribution in [3.8, 4) is 0 Å². The highest BCUT2D eigenvalue weighted by atomic mass is 35.5. The first-order valence-electron chi connectivity index (χ1n) is 11.6. The van der Waals surface area contributed by atoms with Crippen LogP contribution >= 0.6 is 11.6 Å². The summed E-state index contributed by atoms with van der Waals surface area (Å²) in [6.07, 6.45) is 9.16. The molecule has 1 atom stereocenters. The van der Waals surface area contributed by atoms with Crippen LogP contribution in [0, 0.1) is 23.7 Å². The fraction of sp³-hybridized carbons (Fsp3) is 0.696. The van der Waals surface area contributed by atoms with E-state index in [1.54, 1.807) is 28.6 Å². The second kappa shape index (κ2) is 8.23. The molecule has 1 aromatic carbocycles. The van der Waals surface area contributed by atoms with Gasteiger partial charge < -0.3 is 10.6 Å². The standard InChI is InChI=1S/C23H32ClN3O3S/c24-20-3-5-21(6-4-20)31(29,30)27-7-1-2-16(15-27)14-25-22(28)26-23-11-17-8-18(12-23)10-19(9-17)13-23/h3-6,16-19H,1-2,7-15H2,(H2,25,26,28). The number of amides is 2. The Labute approximate surface area is 190 Å². The first-order chi connectivity index (χ1) is 14.8. The number of piperidine rings is 1. The summed E-state index contributed by atoms with van der Waals surface area (Å²) in [7, 11) is -3.54. The lowest BCUT2D eigenvalue weighted by atomic mass is 9.53. The van der Waals surface area contributed by atoms with E-state index in [1.165, 1.54) is 19.3 Å². The molecule has 8 heteroatoms. The minimum atomic E-state index is -3.54. The molecule has 1 heterocycles. The highest BCUT2D eigenvalue weighted by molar-refractivity contribution is 7.89. The zero-order valence-corrected chi connectivity index (χ0v) is 19.4. The van der Waals surface area contributed by atoms with E-state index in [4.69, 9.17) is 11.6 Å². The lowest BCUT2D eigenvalue weighted by molar-refractivity contribution is -0.0135. The molecule has 5 fully saturated rings. The quantitative estimate of drug-likeness (QED) is 0.689. The Morgan fingerprint density at radius 1 is 1.06 bits per heavy atom. The predicted molar refractivity (Wildman–Crippen MR) is 120 cm³/mol. The molecule has 1 unspecified atom stereocenters. The number of halogens is 1. The molecule has 6 nitrogen and oxygen atoms in total. The number of nitrogens with one attached hydrogen (secondary N) is 2. The fourth-order valence-corrected chi connectivity index (χ4v) is 8.63. The summed E-state index contributed by atoms with van der Waals surface area (Å²) in [5.74, 6) is 2.49. The van der Waals surface area contributed by atoms with Crippen molar-refractivity contribution in [1.82, 2.24) is 14.9 Å². The van der Waals surface area contributed by atoms with E-state index in [9.17, 15) is 13.2 Å². The third-order valence-corrected chi connectivity index (χ3v) is 10.0. The van der Waals surface area contributed by atoms with Gasteiger partial charge >= 0.3 is 6.03 Å². The maximum absolute atomic E-state index is 13.0. The van der Waals surface area contributed by atoms with Crippen molar-refractivity contribution < 1.29 is 13.2 Å². The van der Waals surface area contributed by atoms with E-state index in [0.29, 0.717) is 24.7 Å². The Hall–Kier alpha value is -1.31. The Kier molecular flexibility index (Phi) is 5.72. The number of rotatable bonds is 5. The summed E-state index contributed by atoms with van der Waals surface area (Å²) in [4.78, 5) is 13.0. The third-order valence-electron chi connectivity index (χ3n) is 7.90. The molecular weight excluding hydrogens is 434 g/mol. The molecule has 31 heavy (non-hydrogen) atoms. The van der Waals surface area contributed by atoms with Gasteiger partial charge in [-0.25, -0.2) is 13.2 Å². The zero-order chi connectivity index (χ0) is 21.6. The van der Waals surface area contributed by atoms with Gasteiger partial charge in [0.25, 0.3) is 0 Å². The average molecular weight is 466 g/mol. The summed E-state index contributed by atoms with van der Waals surface area (Å²) in [6.45, 7) is 1.45. The van der Waals surface area contributed by atoms with Crippen molar-refractivity contribution in [3.63, 3.8) is 0 Å². The van der Waals surface area contributed by atoms with Crippen molar-refractivity contribution in [2.75, 3.05) is 19.6 Å². The number of nitrogens with zero attached hydrogens (tertiary/aromatic N) is 1. The summed E-state index contributed by atoms with van der Waals surface area (Å²) in [6, 6.07) is 6.23. The highest BCUT2D eigenvalue weighted by Gasteiger charge is 2.51. The minimum Gasteiger partial charge on any atom is -0.338 e. The van der Waals surface area contributed by atoms with Crippen molar-refractivity contribution in [2.45, 2.75) is 61.8 Å². The van der Waals surface area contributed by atoms with E-state index >= 15 is 0 Å². The van der Waals surface area contributed by atoms with Crippen LogP contribution in [0.4, 0.5) is 4.79 Å². The number of carbonyl (C=O) groups is 1. The number of carbonyl (C=O) groups excluding carboxylic acids is 1. The number of benzene rings is 1. The second-order valence-electron chi connectivity index (χ2n) is 10.4. The predicted octanol–water partition coefficient (Wildman–Crippen LogP) is 4.01. The van der Waals surface area contributed by atoms with Crippen LogP contribution in [0.25, 0.3) is 0 Å². The van der Waals surface area contributed by atoms with Crippen molar-refractivity contribution >= 4 is 27.7 Å². The summed E-state index contributed by atoms with van der Waals surface area (Å²) >= 11 is 5.90.